The van der Waals surface area contributed by atoms with E-state index in [0.29, 0.717) is 24.3 Å². The van der Waals surface area contributed by atoms with E-state index >= 15 is 0 Å². The van der Waals surface area contributed by atoms with E-state index in [9.17, 15) is 14.4 Å². The van der Waals surface area contributed by atoms with E-state index in [1.54, 1.807) is 36.3 Å². The van der Waals surface area contributed by atoms with Crippen molar-refractivity contribution in [3.8, 4) is 5.69 Å². The Balaban J connectivity index is 0.000000246. The highest BCUT2D eigenvalue weighted by Crippen LogP contribution is 2.19. The lowest BCUT2D eigenvalue weighted by molar-refractivity contribution is 0.0592. The van der Waals surface area contributed by atoms with Gasteiger partial charge >= 0.3 is 17.9 Å². The van der Waals surface area contributed by atoms with Gasteiger partial charge in [0, 0.05) is 25.6 Å². The number of esters is 1. The second-order valence-electron chi connectivity index (χ2n) is 7.37. The van der Waals surface area contributed by atoms with Gasteiger partial charge in [-0.15, -0.1) is 0 Å². The molecule has 34 heavy (non-hydrogen) atoms. The Morgan fingerprint density at radius 1 is 0.971 bits per heavy atom. The van der Waals surface area contributed by atoms with Gasteiger partial charge in [-0.25, -0.2) is 19.4 Å². The van der Waals surface area contributed by atoms with Crippen LogP contribution in [0.2, 0.25) is 0 Å². The number of aryl methyl sites for hydroxylation is 1. The number of hydrogen-bond acceptors (Lipinski definition) is 6. The van der Waals surface area contributed by atoms with Gasteiger partial charge in [-0.2, -0.15) is 0 Å². The largest absolute Gasteiger partial charge is 0.478 e. The smallest absolute Gasteiger partial charge is 0.358 e. The first-order valence-electron chi connectivity index (χ1n) is 10.5. The molecule has 0 saturated carbocycles. The van der Waals surface area contributed by atoms with Crippen molar-refractivity contribution < 1.29 is 34.1 Å². The Kier molecular flexibility index (Phi) is 9.97. The maximum atomic E-state index is 11.2. The Morgan fingerprint density at radius 2 is 1.59 bits per heavy atom. The molecule has 0 spiro atoms. The third-order valence-corrected chi connectivity index (χ3v) is 5.02. The molecule has 2 N–H and O–H groups in total. The van der Waals surface area contributed by atoms with Crippen molar-refractivity contribution in [2.75, 3.05) is 20.8 Å². The number of benzene rings is 2. The number of unbranched alkanes of at least 4 members (excludes halogenated alkanes) is 1. The van der Waals surface area contributed by atoms with Gasteiger partial charge in [-0.3, -0.25) is 0 Å². The molecule has 180 valence electrons. The van der Waals surface area contributed by atoms with Gasteiger partial charge in [0.05, 0.1) is 18.2 Å². The summed E-state index contributed by atoms with van der Waals surface area (Å²) in [5.74, 6) is -2.62. The zero-order valence-electron chi connectivity index (χ0n) is 19.4. The average molecular weight is 469 g/mol. The SMILES string of the molecule is COC(=O)c1cn(-c2ccccc2)cn1.COCCCCc1cc(C(=O)O)c(C)c(C(=O)O)c1. The lowest BCUT2D eigenvalue weighted by Crippen LogP contribution is -2.09. The van der Waals surface area contributed by atoms with Crippen LogP contribution >= 0.6 is 0 Å². The second kappa shape index (κ2) is 12.9. The molecule has 3 aromatic rings. The summed E-state index contributed by atoms with van der Waals surface area (Å²) in [6.45, 7) is 2.16. The number of rotatable bonds is 9. The fourth-order valence-corrected chi connectivity index (χ4v) is 3.21. The fourth-order valence-electron chi connectivity index (χ4n) is 3.21. The van der Waals surface area contributed by atoms with Crippen LogP contribution in [0.15, 0.2) is 55.0 Å². The second-order valence-corrected chi connectivity index (χ2v) is 7.37. The number of aromatic nitrogens is 2. The van der Waals surface area contributed by atoms with Crippen molar-refractivity contribution in [3.05, 3.63) is 82.9 Å². The first-order chi connectivity index (χ1) is 16.3. The minimum absolute atomic E-state index is 0.0571. The van der Waals surface area contributed by atoms with E-state index in [4.69, 9.17) is 14.9 Å². The normalized spacial score (nSPS) is 10.2. The molecule has 0 radical (unpaired) electrons. The monoisotopic (exact) mass is 468 g/mol. The third kappa shape index (κ3) is 7.28. The Morgan fingerprint density at radius 3 is 2.12 bits per heavy atom. The number of carboxylic acid groups (broad SMARTS) is 2. The van der Waals surface area contributed by atoms with Gasteiger partial charge < -0.3 is 24.3 Å². The van der Waals surface area contributed by atoms with Crippen LogP contribution in [-0.4, -0.2) is 58.5 Å². The molecular formula is C25H28N2O7. The van der Waals surface area contributed by atoms with Gasteiger partial charge in [0.15, 0.2) is 5.69 Å². The predicted octanol–water partition coefficient (Wildman–Crippen LogP) is 4.02. The summed E-state index contributed by atoms with van der Waals surface area (Å²) in [4.78, 5) is 37.3. The lowest BCUT2D eigenvalue weighted by atomic mass is 9.96. The first kappa shape index (κ1) is 26.3. The van der Waals surface area contributed by atoms with Crippen molar-refractivity contribution in [2.45, 2.75) is 26.2 Å². The maximum Gasteiger partial charge on any atom is 0.358 e. The molecule has 9 heteroatoms. The summed E-state index contributed by atoms with van der Waals surface area (Å²) in [7, 11) is 2.96. The number of ether oxygens (including phenoxy) is 2. The van der Waals surface area contributed by atoms with Crippen molar-refractivity contribution in [1.29, 1.82) is 0 Å². The minimum atomic E-state index is -1.10. The summed E-state index contributed by atoms with van der Waals surface area (Å²) in [6, 6.07) is 12.8. The van der Waals surface area contributed by atoms with E-state index in [2.05, 4.69) is 9.72 Å². The molecule has 1 heterocycles. The van der Waals surface area contributed by atoms with Crippen LogP contribution in [0.4, 0.5) is 0 Å². The molecule has 0 bridgehead atoms. The van der Waals surface area contributed by atoms with Crippen LogP contribution in [0.3, 0.4) is 0 Å². The molecule has 3 rings (SSSR count). The van der Waals surface area contributed by atoms with Crippen LogP contribution in [0.25, 0.3) is 5.69 Å². The molecule has 0 fully saturated rings. The molecule has 2 aromatic carbocycles. The average Bonchev–Trinajstić information content (AvgIpc) is 3.33. The van der Waals surface area contributed by atoms with Gasteiger partial charge in [-0.05, 0) is 61.6 Å². The molecule has 0 amide bonds. The quantitative estimate of drug-likeness (QED) is 0.356. The van der Waals surface area contributed by atoms with E-state index in [0.717, 1.165) is 24.1 Å². The number of aromatic carboxylic acids is 2. The Bertz CT molecular complexity index is 1090. The lowest BCUT2D eigenvalue weighted by Gasteiger charge is -2.09. The molecular weight excluding hydrogens is 440 g/mol. The zero-order valence-corrected chi connectivity index (χ0v) is 19.4. The number of carbonyl (C=O) groups is 3. The number of imidazole rings is 1. The van der Waals surface area contributed by atoms with Gasteiger partial charge in [0.2, 0.25) is 0 Å². The van der Waals surface area contributed by atoms with Gasteiger partial charge in [-0.1, -0.05) is 18.2 Å². The highest BCUT2D eigenvalue weighted by Gasteiger charge is 2.16. The van der Waals surface area contributed by atoms with E-state index in [1.165, 1.54) is 14.0 Å². The summed E-state index contributed by atoms with van der Waals surface area (Å²) < 4.78 is 11.3. The molecule has 0 atom stereocenters. The third-order valence-electron chi connectivity index (χ3n) is 5.02. The molecule has 0 aliphatic carbocycles. The topological polar surface area (TPSA) is 128 Å². The van der Waals surface area contributed by atoms with Crippen LogP contribution < -0.4 is 0 Å². The van der Waals surface area contributed by atoms with E-state index < -0.39 is 17.9 Å². The highest BCUT2D eigenvalue weighted by molar-refractivity contribution is 5.96. The number of methoxy groups -OCH3 is 2. The maximum absolute atomic E-state index is 11.2. The van der Waals surface area contributed by atoms with Crippen LogP contribution in [0, 0.1) is 6.92 Å². The predicted molar refractivity (Wildman–Crippen MR) is 125 cm³/mol. The van der Waals surface area contributed by atoms with Crippen LogP contribution in [0.1, 0.15) is 55.2 Å². The van der Waals surface area contributed by atoms with Crippen LogP contribution in [0.5, 0.6) is 0 Å². The summed E-state index contributed by atoms with van der Waals surface area (Å²) in [5.41, 5.74) is 2.40. The number of hydrogen-bond donors (Lipinski definition) is 2. The Labute approximate surface area is 197 Å². The van der Waals surface area contributed by atoms with E-state index in [-0.39, 0.29) is 11.1 Å². The molecule has 0 aliphatic heterocycles. The summed E-state index contributed by atoms with van der Waals surface area (Å²) in [6.07, 6.45) is 5.55. The fraction of sp³-hybridized carbons (Fsp3) is 0.280. The summed E-state index contributed by atoms with van der Waals surface area (Å²) in [5, 5.41) is 18.2. The molecule has 1 aromatic heterocycles. The van der Waals surface area contributed by atoms with E-state index in [1.807, 2.05) is 30.3 Å². The number of carboxylic acids is 2. The van der Waals surface area contributed by atoms with Gasteiger partial charge in [0.1, 0.15) is 6.33 Å². The van der Waals surface area contributed by atoms with Crippen molar-refractivity contribution in [1.82, 2.24) is 9.55 Å². The Hall–Kier alpha value is -3.98. The van der Waals surface area contributed by atoms with Crippen molar-refractivity contribution in [3.63, 3.8) is 0 Å². The minimum Gasteiger partial charge on any atom is -0.478 e. The van der Waals surface area contributed by atoms with Crippen molar-refractivity contribution in [2.24, 2.45) is 0 Å². The molecule has 0 saturated heterocycles. The number of carbonyl (C=O) groups excluding carboxylic acids is 1. The van der Waals surface area contributed by atoms with Crippen molar-refractivity contribution >= 4 is 17.9 Å². The molecule has 0 aliphatic rings. The first-order valence-corrected chi connectivity index (χ1v) is 10.5. The zero-order chi connectivity index (χ0) is 25.1. The molecule has 9 nitrogen and oxygen atoms in total. The highest BCUT2D eigenvalue weighted by atomic mass is 16.5. The summed E-state index contributed by atoms with van der Waals surface area (Å²) >= 11 is 0. The molecule has 0 unspecified atom stereocenters. The number of para-hydroxylation sites is 1. The van der Waals surface area contributed by atoms with Crippen LogP contribution in [-0.2, 0) is 15.9 Å². The number of nitrogens with zero attached hydrogens (tertiary/aromatic N) is 2. The standard InChI is InChI=1S/C14H18O5.C11H10N2O2/c1-9-11(13(15)16)7-10(5-3-4-6-19-2)8-12(9)14(17)18;1-15-11(14)10-7-13(8-12-10)9-5-3-2-4-6-9/h7-8H,3-6H2,1-2H3,(H,15,16)(H,17,18);2-8H,1H3. The van der Waals surface area contributed by atoms with Gasteiger partial charge in [0.25, 0.3) is 0 Å².